The lowest BCUT2D eigenvalue weighted by Crippen LogP contribution is -2.13. The second kappa shape index (κ2) is 3.63. The summed E-state index contributed by atoms with van der Waals surface area (Å²) >= 11 is 0. The highest BCUT2D eigenvalue weighted by Crippen LogP contribution is 2.12. The molecule has 0 amide bonds. The molecule has 2 rings (SSSR count). The average molecular weight is 241 g/mol. The fourth-order valence-corrected chi connectivity index (χ4v) is 2.16. The van der Waals surface area contributed by atoms with E-state index in [2.05, 4.69) is 19.9 Å². The lowest BCUT2D eigenvalue weighted by Gasteiger charge is -2.00. The molecule has 0 aliphatic heterocycles. The molecule has 0 radical (unpaired) electrons. The zero-order valence-corrected chi connectivity index (χ0v) is 9.61. The summed E-state index contributed by atoms with van der Waals surface area (Å²) in [6, 6.07) is 1.60. The Morgan fingerprint density at radius 2 is 2.25 bits per heavy atom. The first kappa shape index (κ1) is 10.7. The molecule has 0 fully saturated rings. The van der Waals surface area contributed by atoms with Crippen LogP contribution in [0.15, 0.2) is 23.6 Å². The predicted molar refractivity (Wildman–Crippen MR) is 57.3 cm³/mol. The summed E-state index contributed by atoms with van der Waals surface area (Å²) in [6.07, 6.45) is 2.84. The van der Waals surface area contributed by atoms with Gasteiger partial charge in [0.15, 0.2) is 10.8 Å². The largest absolute Gasteiger partial charge is 0.339 e. The number of rotatable bonds is 3. The van der Waals surface area contributed by atoms with Gasteiger partial charge in [-0.3, -0.25) is 9.82 Å². The summed E-state index contributed by atoms with van der Waals surface area (Å²) in [4.78, 5) is 3.76. The van der Waals surface area contributed by atoms with E-state index in [0.29, 0.717) is 0 Å². The first-order valence-corrected chi connectivity index (χ1v) is 5.98. The molecule has 7 nitrogen and oxygen atoms in total. The maximum Gasteiger partial charge on any atom is 0.282 e. The van der Waals surface area contributed by atoms with Crippen molar-refractivity contribution in [3.05, 3.63) is 24.3 Å². The maximum atomic E-state index is 11.8. The van der Waals surface area contributed by atoms with Gasteiger partial charge in [-0.15, -0.1) is 0 Å². The Labute approximate surface area is 92.6 Å². The first-order chi connectivity index (χ1) is 7.47. The number of nitrogens with zero attached hydrogens (tertiary/aromatic N) is 3. The van der Waals surface area contributed by atoms with Crippen LogP contribution in [0, 0.1) is 6.92 Å². The molecule has 2 aromatic rings. The highest BCUT2D eigenvalue weighted by Gasteiger charge is 2.17. The van der Waals surface area contributed by atoms with Crippen molar-refractivity contribution < 1.29 is 8.42 Å². The van der Waals surface area contributed by atoms with E-state index in [0.717, 1.165) is 5.69 Å². The predicted octanol–water partition coefficient (Wildman–Crippen LogP) is 0.252. The molecular weight excluding hydrogens is 230 g/mol. The van der Waals surface area contributed by atoms with Gasteiger partial charge in [0.05, 0.1) is 6.33 Å². The Balaban J connectivity index is 2.27. The van der Waals surface area contributed by atoms with E-state index in [1.807, 2.05) is 0 Å². The van der Waals surface area contributed by atoms with Gasteiger partial charge in [-0.25, -0.2) is 4.98 Å². The van der Waals surface area contributed by atoms with Crippen molar-refractivity contribution >= 4 is 15.8 Å². The van der Waals surface area contributed by atoms with Crippen LogP contribution in [-0.4, -0.2) is 28.2 Å². The van der Waals surface area contributed by atoms with Crippen LogP contribution in [0.5, 0.6) is 0 Å². The highest BCUT2D eigenvalue weighted by molar-refractivity contribution is 7.92. The molecule has 0 unspecified atom stereocenters. The van der Waals surface area contributed by atoms with Crippen molar-refractivity contribution in [2.45, 2.75) is 11.9 Å². The fourth-order valence-electron chi connectivity index (χ4n) is 1.19. The summed E-state index contributed by atoms with van der Waals surface area (Å²) in [6.45, 7) is 1.78. The number of anilines is 1. The Morgan fingerprint density at radius 1 is 1.50 bits per heavy atom. The summed E-state index contributed by atoms with van der Waals surface area (Å²) in [5.74, 6) is 0.253. The van der Waals surface area contributed by atoms with Crippen molar-refractivity contribution in [2.75, 3.05) is 4.72 Å². The van der Waals surface area contributed by atoms with Crippen LogP contribution in [0.2, 0.25) is 0 Å². The molecular formula is C8H11N5O2S. The fraction of sp³-hybridized carbons (Fsp3) is 0.250. The Kier molecular flexibility index (Phi) is 2.43. The quantitative estimate of drug-likeness (QED) is 0.805. The van der Waals surface area contributed by atoms with Gasteiger partial charge in [0.2, 0.25) is 0 Å². The van der Waals surface area contributed by atoms with Crippen LogP contribution in [-0.2, 0) is 17.1 Å². The number of hydrogen-bond acceptors (Lipinski definition) is 4. The van der Waals surface area contributed by atoms with Crippen LogP contribution >= 0.6 is 0 Å². The van der Waals surface area contributed by atoms with E-state index >= 15 is 0 Å². The van der Waals surface area contributed by atoms with E-state index in [9.17, 15) is 8.42 Å². The minimum absolute atomic E-state index is 0.0318. The van der Waals surface area contributed by atoms with Gasteiger partial charge in [-0.2, -0.15) is 13.5 Å². The van der Waals surface area contributed by atoms with Crippen LogP contribution in [0.3, 0.4) is 0 Å². The number of aryl methyl sites for hydroxylation is 2. The second-order valence-electron chi connectivity index (χ2n) is 3.42. The van der Waals surface area contributed by atoms with Crippen molar-refractivity contribution in [1.29, 1.82) is 0 Å². The lowest BCUT2D eigenvalue weighted by molar-refractivity contribution is 0.598. The summed E-state index contributed by atoms with van der Waals surface area (Å²) in [7, 11) is -1.94. The number of imidazole rings is 1. The molecule has 0 aliphatic rings. The molecule has 0 saturated carbocycles. The highest BCUT2D eigenvalue weighted by atomic mass is 32.2. The van der Waals surface area contributed by atoms with Crippen molar-refractivity contribution in [3.8, 4) is 0 Å². The van der Waals surface area contributed by atoms with Crippen molar-refractivity contribution in [3.63, 3.8) is 0 Å². The van der Waals surface area contributed by atoms with E-state index in [-0.39, 0.29) is 10.8 Å². The molecule has 16 heavy (non-hydrogen) atoms. The topological polar surface area (TPSA) is 92.7 Å². The van der Waals surface area contributed by atoms with Crippen molar-refractivity contribution in [1.82, 2.24) is 19.7 Å². The molecule has 8 heteroatoms. The Bertz CT molecular complexity index is 597. The molecule has 2 aromatic heterocycles. The molecule has 2 N–H and O–H groups in total. The van der Waals surface area contributed by atoms with Gasteiger partial charge in [-0.05, 0) is 6.92 Å². The van der Waals surface area contributed by atoms with Crippen LogP contribution < -0.4 is 4.72 Å². The molecule has 0 atom stereocenters. The zero-order valence-electron chi connectivity index (χ0n) is 8.80. The maximum absolute atomic E-state index is 11.8. The van der Waals surface area contributed by atoms with Crippen LogP contribution in [0.1, 0.15) is 5.69 Å². The number of nitrogens with one attached hydrogen (secondary N) is 2. The van der Waals surface area contributed by atoms with Crippen LogP contribution in [0.4, 0.5) is 5.82 Å². The van der Waals surface area contributed by atoms with E-state index in [1.165, 1.54) is 12.5 Å². The monoisotopic (exact) mass is 241 g/mol. The van der Waals surface area contributed by atoms with E-state index in [4.69, 9.17) is 0 Å². The van der Waals surface area contributed by atoms with Gasteiger partial charge in [0.25, 0.3) is 10.0 Å². The zero-order chi connectivity index (χ0) is 11.8. The standard InChI is InChI=1S/C8H11N5O2S/c1-6-3-7(11-10-6)12-16(14,15)8-4-13(2)5-9-8/h3-5H,1-2H3,(H2,10,11,12). The molecule has 0 aromatic carbocycles. The first-order valence-electron chi connectivity index (χ1n) is 4.50. The summed E-state index contributed by atoms with van der Waals surface area (Å²) in [5.41, 5.74) is 0.777. The van der Waals surface area contributed by atoms with Crippen LogP contribution in [0.25, 0.3) is 0 Å². The SMILES string of the molecule is Cc1cc(NS(=O)(=O)c2cn(C)cn2)n[nH]1. The molecule has 0 aliphatic carbocycles. The lowest BCUT2D eigenvalue weighted by atomic mass is 10.5. The third-order valence-electron chi connectivity index (χ3n) is 1.90. The summed E-state index contributed by atoms with van der Waals surface area (Å²) in [5, 5.41) is 6.40. The van der Waals surface area contributed by atoms with Gasteiger partial charge in [-0.1, -0.05) is 0 Å². The molecule has 2 heterocycles. The minimum Gasteiger partial charge on any atom is -0.339 e. The number of hydrogen-bond donors (Lipinski definition) is 2. The van der Waals surface area contributed by atoms with Gasteiger partial charge < -0.3 is 4.57 Å². The van der Waals surface area contributed by atoms with Gasteiger partial charge in [0.1, 0.15) is 0 Å². The number of sulfonamides is 1. The van der Waals surface area contributed by atoms with Crippen molar-refractivity contribution in [2.24, 2.45) is 7.05 Å². The molecule has 86 valence electrons. The normalized spacial score (nSPS) is 11.6. The molecule has 0 bridgehead atoms. The van der Waals surface area contributed by atoms with Gasteiger partial charge in [0, 0.05) is 25.0 Å². The third kappa shape index (κ3) is 2.06. The second-order valence-corrected chi connectivity index (χ2v) is 5.05. The number of aromatic nitrogens is 4. The molecule has 0 saturated heterocycles. The van der Waals surface area contributed by atoms with E-state index < -0.39 is 10.0 Å². The number of aromatic amines is 1. The third-order valence-corrected chi connectivity index (χ3v) is 3.14. The minimum atomic E-state index is -3.64. The summed E-state index contributed by atoms with van der Waals surface area (Å²) < 4.78 is 27.4. The van der Waals surface area contributed by atoms with Gasteiger partial charge >= 0.3 is 0 Å². The smallest absolute Gasteiger partial charge is 0.282 e. The van der Waals surface area contributed by atoms with E-state index in [1.54, 1.807) is 24.6 Å². The Hall–Kier alpha value is -1.83. The number of H-pyrrole nitrogens is 1. The Morgan fingerprint density at radius 3 is 2.75 bits per heavy atom. The average Bonchev–Trinajstić information content (AvgIpc) is 2.75. The molecule has 0 spiro atoms.